The monoisotopic (exact) mass is 302 g/mol. The zero-order valence-electron chi connectivity index (χ0n) is 13.2. The van der Waals surface area contributed by atoms with Gasteiger partial charge in [0.15, 0.2) is 0 Å². The van der Waals surface area contributed by atoms with Crippen molar-refractivity contribution in [2.45, 2.75) is 39.8 Å². The number of amides is 1. The summed E-state index contributed by atoms with van der Waals surface area (Å²) in [5, 5.41) is 12.6. The Hall–Kier alpha value is -2.30. The highest BCUT2D eigenvalue weighted by molar-refractivity contribution is 5.87. The van der Waals surface area contributed by atoms with Crippen LogP contribution in [0.3, 0.4) is 0 Å². The van der Waals surface area contributed by atoms with Crippen LogP contribution in [-0.4, -0.2) is 28.1 Å². The van der Waals surface area contributed by atoms with Crippen LogP contribution in [0.1, 0.15) is 37.6 Å². The van der Waals surface area contributed by atoms with Gasteiger partial charge in [0.25, 0.3) is 0 Å². The second-order valence-corrected chi connectivity index (χ2v) is 6.60. The fraction of sp³-hybridized carbons (Fsp3) is 0.412. The smallest absolute Gasteiger partial charge is 0.404 e. The molecule has 1 aromatic carbocycles. The predicted molar refractivity (Wildman–Crippen MR) is 86.3 cm³/mol. The number of benzene rings is 1. The number of rotatable bonds is 5. The van der Waals surface area contributed by atoms with Crippen LogP contribution in [0.4, 0.5) is 4.79 Å². The number of nitrogens with one attached hydrogen (secondary N) is 1. The van der Waals surface area contributed by atoms with Crippen LogP contribution in [-0.2, 0) is 6.54 Å². The molecular formula is C17H22N2O3. The van der Waals surface area contributed by atoms with Crippen molar-refractivity contribution >= 4 is 23.3 Å². The van der Waals surface area contributed by atoms with Gasteiger partial charge in [-0.3, -0.25) is 4.79 Å². The van der Waals surface area contributed by atoms with Crippen LogP contribution in [0.25, 0.3) is 10.9 Å². The molecule has 0 spiro atoms. The van der Waals surface area contributed by atoms with Crippen LogP contribution in [0.2, 0.25) is 0 Å². The standard InChI is InChI=1S/C17H22N2O3/c1-17(2,3)15(18-16(21)22)7-9-19-8-6-13-10-12(11-20)4-5-14(13)19/h4-6,8,10-11,15,18H,7,9H2,1-3H3,(H,21,22). The summed E-state index contributed by atoms with van der Waals surface area (Å²) in [5.41, 5.74) is 1.56. The number of carboxylic acid groups (broad SMARTS) is 1. The van der Waals surface area contributed by atoms with Crippen LogP contribution in [0.15, 0.2) is 30.5 Å². The number of fused-ring (bicyclic) bond motifs is 1. The van der Waals surface area contributed by atoms with Gasteiger partial charge in [-0.15, -0.1) is 0 Å². The minimum absolute atomic E-state index is 0.128. The number of nitrogens with zero attached hydrogens (tertiary/aromatic N) is 1. The fourth-order valence-corrected chi connectivity index (χ4v) is 2.63. The lowest BCUT2D eigenvalue weighted by atomic mass is 9.85. The first kappa shape index (κ1) is 16.1. The van der Waals surface area contributed by atoms with E-state index in [0.29, 0.717) is 18.5 Å². The molecule has 2 aromatic rings. The Kier molecular flexibility index (Phi) is 4.54. The molecule has 5 nitrogen and oxygen atoms in total. The molecular weight excluding hydrogens is 280 g/mol. The number of carbonyl (C=O) groups excluding carboxylic acids is 1. The SMILES string of the molecule is CC(C)(C)C(CCn1ccc2cc(C=O)ccc21)NC(=O)O. The van der Waals surface area contributed by atoms with E-state index in [1.54, 1.807) is 6.07 Å². The molecule has 0 fully saturated rings. The lowest BCUT2D eigenvalue weighted by Crippen LogP contribution is -2.43. The molecule has 22 heavy (non-hydrogen) atoms. The van der Waals surface area contributed by atoms with E-state index < -0.39 is 6.09 Å². The van der Waals surface area contributed by atoms with Gasteiger partial charge in [-0.2, -0.15) is 0 Å². The molecule has 0 radical (unpaired) electrons. The first-order valence-electron chi connectivity index (χ1n) is 7.35. The minimum Gasteiger partial charge on any atom is -0.465 e. The molecule has 1 amide bonds. The van der Waals surface area contributed by atoms with E-state index in [0.717, 1.165) is 17.2 Å². The molecule has 0 saturated heterocycles. The first-order valence-corrected chi connectivity index (χ1v) is 7.35. The van der Waals surface area contributed by atoms with Crippen molar-refractivity contribution in [2.24, 2.45) is 5.41 Å². The van der Waals surface area contributed by atoms with Crippen molar-refractivity contribution in [1.82, 2.24) is 9.88 Å². The summed E-state index contributed by atoms with van der Waals surface area (Å²) in [6.07, 6.45) is 2.52. The average Bonchev–Trinajstić information content (AvgIpc) is 2.84. The van der Waals surface area contributed by atoms with Gasteiger partial charge < -0.3 is 15.0 Å². The molecule has 0 aliphatic rings. The highest BCUT2D eigenvalue weighted by Gasteiger charge is 2.25. The molecule has 5 heteroatoms. The Labute approximate surface area is 129 Å². The molecule has 0 saturated carbocycles. The number of aldehydes is 1. The van der Waals surface area contributed by atoms with E-state index in [1.807, 2.05) is 45.2 Å². The molecule has 1 heterocycles. The van der Waals surface area contributed by atoms with Crippen LogP contribution in [0.5, 0.6) is 0 Å². The highest BCUT2D eigenvalue weighted by Crippen LogP contribution is 2.24. The van der Waals surface area contributed by atoms with Gasteiger partial charge in [-0.05, 0) is 36.1 Å². The number of hydrogen-bond donors (Lipinski definition) is 2. The van der Waals surface area contributed by atoms with Gasteiger partial charge >= 0.3 is 6.09 Å². The molecule has 1 aromatic heterocycles. The number of hydrogen-bond acceptors (Lipinski definition) is 2. The van der Waals surface area contributed by atoms with Crippen LogP contribution in [0, 0.1) is 5.41 Å². The third-order valence-corrected chi connectivity index (χ3v) is 3.93. The molecule has 2 rings (SSSR count). The normalized spacial score (nSPS) is 13.0. The largest absolute Gasteiger partial charge is 0.465 e. The van der Waals surface area contributed by atoms with Gasteiger partial charge in [0.1, 0.15) is 6.29 Å². The third-order valence-electron chi connectivity index (χ3n) is 3.93. The van der Waals surface area contributed by atoms with E-state index in [4.69, 9.17) is 5.11 Å². The molecule has 0 aliphatic carbocycles. The summed E-state index contributed by atoms with van der Waals surface area (Å²) in [5.74, 6) is 0. The maximum absolute atomic E-state index is 10.9. The number of aromatic nitrogens is 1. The lowest BCUT2D eigenvalue weighted by molar-refractivity contribution is 0.112. The highest BCUT2D eigenvalue weighted by atomic mass is 16.4. The van der Waals surface area contributed by atoms with Gasteiger partial charge in [-0.1, -0.05) is 20.8 Å². The van der Waals surface area contributed by atoms with E-state index in [-0.39, 0.29) is 11.5 Å². The number of carbonyl (C=O) groups is 2. The minimum atomic E-state index is -0.993. The Morgan fingerprint density at radius 3 is 2.68 bits per heavy atom. The zero-order chi connectivity index (χ0) is 16.3. The van der Waals surface area contributed by atoms with Gasteiger partial charge in [0, 0.05) is 35.2 Å². The second kappa shape index (κ2) is 6.22. The molecule has 0 aliphatic heterocycles. The first-order chi connectivity index (χ1) is 10.3. The van der Waals surface area contributed by atoms with Gasteiger partial charge in [-0.25, -0.2) is 4.79 Å². The molecule has 118 valence electrons. The Balaban J connectivity index is 2.16. The van der Waals surface area contributed by atoms with Crippen molar-refractivity contribution in [3.05, 3.63) is 36.0 Å². The summed E-state index contributed by atoms with van der Waals surface area (Å²) in [4.78, 5) is 21.8. The quantitative estimate of drug-likeness (QED) is 0.830. The molecule has 0 bridgehead atoms. The third kappa shape index (κ3) is 3.67. The van der Waals surface area contributed by atoms with E-state index in [9.17, 15) is 9.59 Å². The Morgan fingerprint density at radius 2 is 2.09 bits per heavy atom. The Morgan fingerprint density at radius 1 is 1.36 bits per heavy atom. The van der Waals surface area contributed by atoms with Crippen LogP contribution < -0.4 is 5.32 Å². The van der Waals surface area contributed by atoms with Crippen molar-refractivity contribution in [2.75, 3.05) is 0 Å². The maximum atomic E-state index is 10.9. The summed E-state index contributed by atoms with van der Waals surface area (Å²) < 4.78 is 2.09. The van der Waals surface area contributed by atoms with Gasteiger partial charge in [0.05, 0.1) is 0 Å². The van der Waals surface area contributed by atoms with E-state index in [1.165, 1.54) is 0 Å². The predicted octanol–water partition coefficient (Wildman–Crippen LogP) is 3.53. The lowest BCUT2D eigenvalue weighted by Gasteiger charge is -2.30. The molecule has 1 unspecified atom stereocenters. The summed E-state index contributed by atoms with van der Waals surface area (Å²) >= 11 is 0. The Bertz CT molecular complexity index is 683. The van der Waals surface area contributed by atoms with E-state index >= 15 is 0 Å². The molecule has 1 atom stereocenters. The van der Waals surface area contributed by atoms with Crippen molar-refractivity contribution in [3.63, 3.8) is 0 Å². The van der Waals surface area contributed by atoms with Crippen molar-refractivity contribution in [1.29, 1.82) is 0 Å². The van der Waals surface area contributed by atoms with E-state index in [2.05, 4.69) is 9.88 Å². The molecule has 2 N–H and O–H groups in total. The van der Waals surface area contributed by atoms with Gasteiger partial charge in [0.2, 0.25) is 0 Å². The van der Waals surface area contributed by atoms with Crippen molar-refractivity contribution in [3.8, 4) is 0 Å². The summed E-state index contributed by atoms with van der Waals surface area (Å²) in [6, 6.07) is 7.42. The average molecular weight is 302 g/mol. The maximum Gasteiger partial charge on any atom is 0.404 e. The zero-order valence-corrected chi connectivity index (χ0v) is 13.2. The fourth-order valence-electron chi connectivity index (χ4n) is 2.63. The summed E-state index contributed by atoms with van der Waals surface area (Å²) in [6.45, 7) is 6.79. The van der Waals surface area contributed by atoms with Crippen LogP contribution >= 0.6 is 0 Å². The van der Waals surface area contributed by atoms with Crippen molar-refractivity contribution < 1.29 is 14.7 Å². The summed E-state index contributed by atoms with van der Waals surface area (Å²) in [7, 11) is 0. The second-order valence-electron chi connectivity index (χ2n) is 6.60. The topological polar surface area (TPSA) is 71.3 Å². The number of aryl methyl sites for hydroxylation is 1.